The average molecular weight is 169 g/mol. The van der Waals surface area contributed by atoms with Gasteiger partial charge in [-0.1, -0.05) is 49.1 Å². The van der Waals surface area contributed by atoms with Gasteiger partial charge in [0.25, 0.3) is 0 Å². The van der Waals surface area contributed by atoms with Crippen molar-refractivity contribution in [3.63, 3.8) is 0 Å². The number of allylic oxidation sites excluding steroid dienone is 1. The first-order valence-corrected chi connectivity index (χ1v) is 4.13. The van der Waals surface area contributed by atoms with Gasteiger partial charge in [-0.25, -0.2) is 0 Å². The second-order valence-electron chi connectivity index (χ2n) is 2.60. The third-order valence-electron chi connectivity index (χ3n) is 1.72. The minimum Gasteiger partial charge on any atom is -0.198 e. The number of benzene rings is 1. The van der Waals surface area contributed by atoms with E-state index in [2.05, 4.69) is 12.6 Å². The Kier molecular flexibility index (Phi) is 3.53. The average Bonchev–Trinajstić information content (AvgIpc) is 2.19. The van der Waals surface area contributed by atoms with Crippen LogP contribution in [0.5, 0.6) is 0 Å². The molecule has 0 aliphatic rings. The van der Waals surface area contributed by atoms with Gasteiger partial charge in [0.05, 0.1) is 12.5 Å². The lowest BCUT2D eigenvalue weighted by atomic mass is 10.1. The van der Waals surface area contributed by atoms with E-state index < -0.39 is 0 Å². The van der Waals surface area contributed by atoms with Crippen LogP contribution in [0.25, 0.3) is 12.2 Å². The Balaban J connectivity index is 2.88. The number of rotatable bonds is 3. The topological polar surface area (TPSA) is 23.8 Å². The molecule has 0 bridgehead atoms. The van der Waals surface area contributed by atoms with Crippen LogP contribution in [-0.4, -0.2) is 0 Å². The van der Waals surface area contributed by atoms with Crippen molar-refractivity contribution in [2.24, 2.45) is 0 Å². The largest absolute Gasteiger partial charge is 0.198 e. The summed E-state index contributed by atoms with van der Waals surface area (Å²) in [4.78, 5) is 0. The van der Waals surface area contributed by atoms with Crippen molar-refractivity contribution in [1.29, 1.82) is 5.26 Å². The quantitative estimate of drug-likeness (QED) is 0.681. The van der Waals surface area contributed by atoms with E-state index in [9.17, 15) is 0 Å². The molecule has 1 rings (SSSR count). The van der Waals surface area contributed by atoms with E-state index in [0.29, 0.717) is 6.42 Å². The molecule has 1 aromatic carbocycles. The van der Waals surface area contributed by atoms with Gasteiger partial charge in [-0.2, -0.15) is 5.26 Å². The van der Waals surface area contributed by atoms with E-state index in [4.69, 9.17) is 5.26 Å². The van der Waals surface area contributed by atoms with Crippen molar-refractivity contribution >= 4 is 12.2 Å². The van der Waals surface area contributed by atoms with Crippen LogP contribution < -0.4 is 0 Å². The second kappa shape index (κ2) is 4.95. The SMILES string of the molecule is C=Cc1ccccc1C=CCC#N. The molecule has 64 valence electrons. The van der Waals surface area contributed by atoms with E-state index in [1.165, 1.54) is 0 Å². The maximum atomic E-state index is 8.35. The molecule has 0 unspecified atom stereocenters. The van der Waals surface area contributed by atoms with E-state index in [0.717, 1.165) is 11.1 Å². The normalized spacial score (nSPS) is 9.77. The smallest absolute Gasteiger partial charge is 0.0663 e. The van der Waals surface area contributed by atoms with Crippen LogP contribution >= 0.6 is 0 Å². The van der Waals surface area contributed by atoms with Crippen molar-refractivity contribution in [3.05, 3.63) is 48.0 Å². The van der Waals surface area contributed by atoms with Crippen LogP contribution in [0.1, 0.15) is 17.5 Å². The standard InChI is InChI=1S/C12H11N/c1-2-11-7-3-4-8-12(11)9-5-6-10-13/h2-5,7-9H,1,6H2. The highest BCUT2D eigenvalue weighted by Crippen LogP contribution is 2.11. The van der Waals surface area contributed by atoms with Crippen molar-refractivity contribution in [2.75, 3.05) is 0 Å². The molecular formula is C12H11N. The number of hydrogen-bond acceptors (Lipinski definition) is 1. The summed E-state index contributed by atoms with van der Waals surface area (Å²) in [6.45, 7) is 3.72. The van der Waals surface area contributed by atoms with E-state index in [-0.39, 0.29) is 0 Å². The molecule has 1 heteroatoms. The molecule has 0 saturated heterocycles. The van der Waals surface area contributed by atoms with Gasteiger partial charge in [0.2, 0.25) is 0 Å². The maximum Gasteiger partial charge on any atom is 0.0663 e. The molecule has 0 heterocycles. The minimum atomic E-state index is 0.450. The highest BCUT2D eigenvalue weighted by Gasteiger charge is 1.91. The Bertz CT molecular complexity index is 356. The molecule has 0 amide bonds. The third kappa shape index (κ3) is 2.61. The highest BCUT2D eigenvalue weighted by molar-refractivity contribution is 5.64. The second-order valence-corrected chi connectivity index (χ2v) is 2.60. The van der Waals surface area contributed by atoms with Crippen molar-refractivity contribution < 1.29 is 0 Å². The first kappa shape index (κ1) is 9.28. The van der Waals surface area contributed by atoms with Gasteiger partial charge in [-0.05, 0) is 11.1 Å². The molecule has 0 aliphatic carbocycles. The monoisotopic (exact) mass is 169 g/mol. The Hall–Kier alpha value is -1.81. The Morgan fingerprint density at radius 1 is 1.31 bits per heavy atom. The predicted octanol–water partition coefficient (Wildman–Crippen LogP) is 3.26. The molecule has 0 aliphatic heterocycles. The summed E-state index contributed by atoms with van der Waals surface area (Å²) >= 11 is 0. The van der Waals surface area contributed by atoms with Crippen molar-refractivity contribution in [3.8, 4) is 6.07 Å². The summed E-state index contributed by atoms with van der Waals surface area (Å²) in [5, 5.41) is 8.35. The van der Waals surface area contributed by atoms with Gasteiger partial charge in [-0.3, -0.25) is 0 Å². The first-order chi connectivity index (χ1) is 6.38. The van der Waals surface area contributed by atoms with Crippen LogP contribution in [0, 0.1) is 11.3 Å². The van der Waals surface area contributed by atoms with Crippen LogP contribution in [0.3, 0.4) is 0 Å². The molecule has 1 nitrogen and oxygen atoms in total. The molecule has 0 N–H and O–H groups in total. The van der Waals surface area contributed by atoms with Gasteiger partial charge in [-0.15, -0.1) is 0 Å². The molecule has 0 spiro atoms. The lowest BCUT2D eigenvalue weighted by Gasteiger charge is -1.98. The lowest BCUT2D eigenvalue weighted by Crippen LogP contribution is -1.77. The van der Waals surface area contributed by atoms with Crippen molar-refractivity contribution in [2.45, 2.75) is 6.42 Å². The molecule has 0 saturated carbocycles. The summed E-state index contributed by atoms with van der Waals surface area (Å²) in [5.74, 6) is 0. The van der Waals surface area contributed by atoms with Crippen LogP contribution in [0.2, 0.25) is 0 Å². The highest BCUT2D eigenvalue weighted by atomic mass is 14.2. The van der Waals surface area contributed by atoms with Crippen LogP contribution in [0.4, 0.5) is 0 Å². The van der Waals surface area contributed by atoms with Crippen LogP contribution in [0.15, 0.2) is 36.9 Å². The zero-order valence-corrected chi connectivity index (χ0v) is 7.40. The fourth-order valence-corrected chi connectivity index (χ4v) is 1.09. The van der Waals surface area contributed by atoms with Gasteiger partial charge in [0, 0.05) is 0 Å². The fourth-order valence-electron chi connectivity index (χ4n) is 1.09. The Morgan fingerprint density at radius 2 is 2.00 bits per heavy atom. The van der Waals surface area contributed by atoms with Crippen molar-refractivity contribution in [1.82, 2.24) is 0 Å². The van der Waals surface area contributed by atoms with Gasteiger partial charge in [0.1, 0.15) is 0 Å². The Morgan fingerprint density at radius 3 is 2.62 bits per heavy atom. The molecule has 0 atom stereocenters. The molecule has 0 radical (unpaired) electrons. The fraction of sp³-hybridized carbons (Fsp3) is 0.0833. The predicted molar refractivity (Wildman–Crippen MR) is 55.8 cm³/mol. The van der Waals surface area contributed by atoms with E-state index in [1.54, 1.807) is 0 Å². The lowest BCUT2D eigenvalue weighted by molar-refractivity contribution is 1.36. The van der Waals surface area contributed by atoms with E-state index >= 15 is 0 Å². The maximum absolute atomic E-state index is 8.35. The summed E-state index contributed by atoms with van der Waals surface area (Å²) in [6, 6.07) is 10.0. The summed E-state index contributed by atoms with van der Waals surface area (Å²) in [5.41, 5.74) is 2.20. The van der Waals surface area contributed by atoms with Gasteiger partial charge < -0.3 is 0 Å². The molecule has 0 aromatic heterocycles. The zero-order valence-electron chi connectivity index (χ0n) is 7.40. The van der Waals surface area contributed by atoms with Crippen LogP contribution in [-0.2, 0) is 0 Å². The first-order valence-electron chi connectivity index (χ1n) is 4.13. The summed E-state index contributed by atoms with van der Waals surface area (Å²) < 4.78 is 0. The molecule has 13 heavy (non-hydrogen) atoms. The van der Waals surface area contributed by atoms with Gasteiger partial charge in [0.15, 0.2) is 0 Å². The molecule has 0 fully saturated rings. The number of nitriles is 1. The Labute approximate surface area is 78.6 Å². The van der Waals surface area contributed by atoms with E-state index in [1.807, 2.05) is 42.5 Å². The van der Waals surface area contributed by atoms with Gasteiger partial charge >= 0.3 is 0 Å². The molecular weight excluding hydrogens is 158 g/mol. The molecule has 1 aromatic rings. The zero-order chi connectivity index (χ0) is 9.52. The summed E-state index contributed by atoms with van der Waals surface area (Å²) in [6.07, 6.45) is 6.06. The third-order valence-corrected chi connectivity index (χ3v) is 1.72. The number of nitrogens with zero attached hydrogens (tertiary/aromatic N) is 1. The number of hydrogen-bond donors (Lipinski definition) is 0. The summed E-state index contributed by atoms with van der Waals surface area (Å²) in [7, 11) is 0. The minimum absolute atomic E-state index is 0.450.